The van der Waals surface area contributed by atoms with E-state index in [0.717, 1.165) is 19.4 Å². The van der Waals surface area contributed by atoms with Gasteiger partial charge in [-0.1, -0.05) is 25.7 Å². The monoisotopic (exact) mass is 325 g/mol. The van der Waals surface area contributed by atoms with Gasteiger partial charge in [-0.3, -0.25) is 4.90 Å². The maximum absolute atomic E-state index is 12.2. The number of carbonyl (C=O) groups excluding carboxylic acids is 1. The van der Waals surface area contributed by atoms with Gasteiger partial charge in [0.25, 0.3) is 0 Å². The van der Waals surface area contributed by atoms with Gasteiger partial charge in [0, 0.05) is 24.7 Å². The molecule has 0 aromatic heterocycles. The number of aliphatic hydroxyl groups excluding tert-OH is 1. The predicted molar refractivity (Wildman–Crippen MR) is 93.6 cm³/mol. The molecule has 0 bridgehead atoms. The third-order valence-corrected chi connectivity index (χ3v) is 5.56. The molecule has 2 aliphatic rings. The average Bonchev–Trinajstić information content (AvgIpc) is 2.60. The molecular formula is C18H35N3O2. The fourth-order valence-electron chi connectivity index (χ4n) is 4.17. The molecule has 5 nitrogen and oxygen atoms in total. The molecule has 1 aliphatic heterocycles. The lowest BCUT2D eigenvalue weighted by atomic mass is 9.79. The smallest absolute Gasteiger partial charge is 0.315 e. The van der Waals surface area contributed by atoms with Gasteiger partial charge in [0.05, 0.1) is 0 Å². The largest absolute Gasteiger partial charge is 0.396 e. The van der Waals surface area contributed by atoms with Crippen molar-refractivity contribution >= 4 is 6.03 Å². The summed E-state index contributed by atoms with van der Waals surface area (Å²) in [6.45, 7) is 5.33. The summed E-state index contributed by atoms with van der Waals surface area (Å²) in [6.07, 6.45) is 11.8. The number of amides is 2. The highest BCUT2D eigenvalue weighted by Gasteiger charge is 2.38. The Morgan fingerprint density at radius 1 is 1.13 bits per heavy atom. The normalized spacial score (nSPS) is 23.2. The molecule has 2 rings (SSSR count). The molecule has 1 aliphatic carbocycles. The van der Waals surface area contributed by atoms with Crippen molar-refractivity contribution < 1.29 is 9.90 Å². The van der Waals surface area contributed by atoms with Crippen LogP contribution in [0.2, 0.25) is 0 Å². The summed E-state index contributed by atoms with van der Waals surface area (Å²) in [4.78, 5) is 14.8. The molecule has 134 valence electrons. The number of aliphatic hydroxyl groups is 1. The second-order valence-electron chi connectivity index (χ2n) is 7.43. The Morgan fingerprint density at radius 3 is 2.43 bits per heavy atom. The number of piperidine rings is 1. The van der Waals surface area contributed by atoms with Crippen molar-refractivity contribution in [2.24, 2.45) is 0 Å². The van der Waals surface area contributed by atoms with Crippen molar-refractivity contribution in [3.8, 4) is 0 Å². The van der Waals surface area contributed by atoms with Crippen LogP contribution >= 0.6 is 0 Å². The van der Waals surface area contributed by atoms with Crippen molar-refractivity contribution in [3.63, 3.8) is 0 Å². The Hall–Kier alpha value is -0.810. The molecule has 1 saturated carbocycles. The maximum Gasteiger partial charge on any atom is 0.315 e. The molecule has 0 radical (unpaired) electrons. The van der Waals surface area contributed by atoms with E-state index in [1.807, 2.05) is 6.92 Å². The summed E-state index contributed by atoms with van der Waals surface area (Å²) in [5.74, 6) is 0. The second-order valence-corrected chi connectivity index (χ2v) is 7.43. The summed E-state index contributed by atoms with van der Waals surface area (Å²) in [5, 5.41) is 15.0. The molecule has 1 atom stereocenters. The van der Waals surface area contributed by atoms with Crippen molar-refractivity contribution in [2.75, 3.05) is 26.2 Å². The Kier molecular flexibility index (Phi) is 7.63. The van der Waals surface area contributed by atoms with Crippen LogP contribution in [0.15, 0.2) is 0 Å². The van der Waals surface area contributed by atoms with E-state index in [1.165, 1.54) is 64.5 Å². The Balaban J connectivity index is 1.84. The van der Waals surface area contributed by atoms with E-state index < -0.39 is 0 Å². The molecule has 5 heteroatoms. The molecule has 0 aromatic rings. The minimum absolute atomic E-state index is 0.0580. The lowest BCUT2D eigenvalue weighted by molar-refractivity contribution is 0.0354. The van der Waals surface area contributed by atoms with Gasteiger partial charge < -0.3 is 15.7 Å². The van der Waals surface area contributed by atoms with E-state index in [9.17, 15) is 4.79 Å². The third-order valence-electron chi connectivity index (χ3n) is 5.56. The molecule has 1 heterocycles. The van der Waals surface area contributed by atoms with Crippen molar-refractivity contribution in [1.82, 2.24) is 15.5 Å². The first-order valence-electron chi connectivity index (χ1n) is 9.56. The number of nitrogens with one attached hydrogen (secondary N) is 2. The van der Waals surface area contributed by atoms with Crippen LogP contribution in [0.25, 0.3) is 0 Å². The van der Waals surface area contributed by atoms with Crippen molar-refractivity contribution in [3.05, 3.63) is 0 Å². The highest BCUT2D eigenvalue weighted by atomic mass is 16.3. The zero-order chi connectivity index (χ0) is 16.5. The fourth-order valence-corrected chi connectivity index (χ4v) is 4.17. The summed E-state index contributed by atoms with van der Waals surface area (Å²) in [6, 6.07) is 0.0526. The van der Waals surface area contributed by atoms with Crippen LogP contribution in [0.5, 0.6) is 0 Å². The van der Waals surface area contributed by atoms with Crippen LogP contribution in [0.1, 0.15) is 71.1 Å². The van der Waals surface area contributed by atoms with Crippen LogP contribution in [0.3, 0.4) is 0 Å². The highest BCUT2D eigenvalue weighted by Crippen LogP contribution is 2.35. The van der Waals surface area contributed by atoms with Crippen LogP contribution < -0.4 is 10.6 Å². The lowest BCUT2D eigenvalue weighted by Crippen LogP contribution is -2.59. The Labute approximate surface area is 141 Å². The van der Waals surface area contributed by atoms with Crippen LogP contribution in [-0.2, 0) is 0 Å². The summed E-state index contributed by atoms with van der Waals surface area (Å²) in [5.41, 5.74) is 0.185. The minimum atomic E-state index is -0.0580. The van der Waals surface area contributed by atoms with Gasteiger partial charge in [0.1, 0.15) is 0 Å². The molecule has 3 N–H and O–H groups in total. The van der Waals surface area contributed by atoms with Gasteiger partial charge in [-0.25, -0.2) is 4.79 Å². The summed E-state index contributed by atoms with van der Waals surface area (Å²) >= 11 is 0. The number of carbonyl (C=O) groups is 1. The number of nitrogens with zero attached hydrogens (tertiary/aromatic N) is 1. The maximum atomic E-state index is 12.2. The van der Waals surface area contributed by atoms with E-state index in [-0.39, 0.29) is 24.2 Å². The Bertz CT molecular complexity index is 350. The van der Waals surface area contributed by atoms with E-state index >= 15 is 0 Å². The quantitative estimate of drug-likeness (QED) is 0.674. The summed E-state index contributed by atoms with van der Waals surface area (Å²) in [7, 11) is 0. The highest BCUT2D eigenvalue weighted by molar-refractivity contribution is 5.74. The van der Waals surface area contributed by atoms with Gasteiger partial charge in [0.2, 0.25) is 0 Å². The number of hydrogen-bond acceptors (Lipinski definition) is 3. The zero-order valence-corrected chi connectivity index (χ0v) is 14.8. The van der Waals surface area contributed by atoms with Crippen molar-refractivity contribution in [1.29, 1.82) is 0 Å². The van der Waals surface area contributed by atoms with E-state index in [2.05, 4.69) is 15.5 Å². The molecule has 0 aromatic carbocycles. The second kappa shape index (κ2) is 9.48. The SMILES string of the molecule is CC(CCCO)NC(=O)NCC1(N2CCCCC2)CCCCC1. The van der Waals surface area contributed by atoms with Gasteiger partial charge in [0.15, 0.2) is 0 Å². The van der Waals surface area contributed by atoms with Gasteiger partial charge in [-0.15, -0.1) is 0 Å². The first kappa shape index (κ1) is 18.5. The standard InChI is InChI=1S/C18H35N3O2/c1-16(9-8-14-22)20-17(23)19-15-18(10-4-2-5-11-18)21-12-6-3-7-13-21/h16,22H,2-15H2,1H3,(H2,19,20,23). The van der Waals surface area contributed by atoms with Gasteiger partial charge in [-0.05, 0) is 58.5 Å². The lowest BCUT2D eigenvalue weighted by Gasteiger charge is -2.48. The first-order chi connectivity index (χ1) is 11.2. The number of hydrogen-bond donors (Lipinski definition) is 3. The van der Waals surface area contributed by atoms with Crippen molar-refractivity contribution in [2.45, 2.75) is 82.7 Å². The Morgan fingerprint density at radius 2 is 1.78 bits per heavy atom. The van der Waals surface area contributed by atoms with Crippen LogP contribution in [-0.4, -0.2) is 53.9 Å². The zero-order valence-electron chi connectivity index (χ0n) is 14.8. The number of likely N-dealkylation sites (tertiary alicyclic amines) is 1. The topological polar surface area (TPSA) is 64.6 Å². The molecule has 2 amide bonds. The summed E-state index contributed by atoms with van der Waals surface area (Å²) < 4.78 is 0. The van der Waals surface area contributed by atoms with Gasteiger partial charge >= 0.3 is 6.03 Å². The molecule has 1 saturated heterocycles. The van der Waals surface area contributed by atoms with E-state index in [4.69, 9.17) is 5.11 Å². The van der Waals surface area contributed by atoms with E-state index in [1.54, 1.807) is 0 Å². The fraction of sp³-hybridized carbons (Fsp3) is 0.944. The molecule has 0 spiro atoms. The molecular weight excluding hydrogens is 290 g/mol. The average molecular weight is 325 g/mol. The number of urea groups is 1. The minimum Gasteiger partial charge on any atom is -0.396 e. The predicted octanol–water partition coefficient (Wildman–Crippen LogP) is 2.64. The van der Waals surface area contributed by atoms with Crippen LogP contribution in [0.4, 0.5) is 4.79 Å². The number of rotatable bonds is 7. The third kappa shape index (κ3) is 5.64. The molecule has 23 heavy (non-hydrogen) atoms. The van der Waals surface area contributed by atoms with Gasteiger partial charge in [-0.2, -0.15) is 0 Å². The molecule has 1 unspecified atom stereocenters. The van der Waals surface area contributed by atoms with Crippen LogP contribution in [0, 0.1) is 0 Å². The van der Waals surface area contributed by atoms with E-state index in [0.29, 0.717) is 0 Å². The first-order valence-corrected chi connectivity index (χ1v) is 9.56. The molecule has 2 fully saturated rings.